The molecule has 0 saturated heterocycles. The molecule has 0 aromatic heterocycles. The number of carbonyl (C=O) groups is 4. The van der Waals surface area contributed by atoms with E-state index in [4.69, 9.17) is 37.0 Å². The molecule has 0 heterocycles. The topological polar surface area (TPSA) is 247 Å². The van der Waals surface area contributed by atoms with Gasteiger partial charge in [-0.3, -0.25) is 19.2 Å². The Morgan fingerprint density at radius 2 is 1.14 bits per heavy atom. The molecule has 0 aromatic carbocycles. The molecule has 12 heteroatoms. The van der Waals surface area contributed by atoms with Crippen LogP contribution < -0.4 is 17.2 Å². The predicted molar refractivity (Wildman–Crippen MR) is 67.3 cm³/mol. The number of aliphatic carboxylic acids is 4. The summed E-state index contributed by atoms with van der Waals surface area (Å²) in [6.07, 6.45) is -0.532. The van der Waals surface area contributed by atoms with E-state index < -0.39 is 49.0 Å². The highest BCUT2D eigenvalue weighted by atomic mass is 16.4. The van der Waals surface area contributed by atoms with Crippen molar-refractivity contribution in [3.05, 3.63) is 0 Å². The smallest absolute Gasteiger partial charge is 0.322 e. The van der Waals surface area contributed by atoms with Gasteiger partial charge in [0.05, 0.1) is 19.6 Å². The molecule has 0 spiro atoms. The Labute approximate surface area is 118 Å². The van der Waals surface area contributed by atoms with Crippen LogP contribution in [0.5, 0.6) is 0 Å². The molecule has 0 amide bonds. The molecular weight excluding hydrogens is 294 g/mol. The fourth-order valence-electron chi connectivity index (χ4n) is 0.354. The number of nitrogens with two attached hydrogens (primary N) is 3. The van der Waals surface area contributed by atoms with Gasteiger partial charge in [0.2, 0.25) is 0 Å². The van der Waals surface area contributed by atoms with Crippen molar-refractivity contribution >= 4 is 23.9 Å². The number of hydrogen-bond acceptors (Lipinski definition) is 8. The highest BCUT2D eigenvalue weighted by molar-refractivity contribution is 5.80. The zero-order chi connectivity index (χ0) is 17.6. The van der Waals surface area contributed by atoms with Crippen LogP contribution in [0.3, 0.4) is 0 Å². The lowest BCUT2D eigenvalue weighted by atomic mass is 10.2. The molecule has 0 saturated carbocycles. The Morgan fingerprint density at radius 1 is 0.810 bits per heavy atom. The van der Waals surface area contributed by atoms with Crippen molar-refractivity contribution in [2.45, 2.75) is 18.5 Å². The summed E-state index contributed by atoms with van der Waals surface area (Å²) in [7, 11) is 0. The second-order valence-corrected chi connectivity index (χ2v) is 3.27. The Balaban J connectivity index is -0.000000242. The molecule has 0 rings (SSSR count). The number of hydrogen-bond donors (Lipinski definition) is 8. The standard InChI is InChI=1S/C4H7NO4.C3H7NO3.C2H5NO2/c5-2(4(8)9)1-3(6)7;4-2(1-5)3(6)7;3-1-2(4)5/h2H,1,5H2,(H,6,7)(H,8,9);2,5H,1,4H2,(H,6,7);1,3H2,(H,4,5)/t2*2-;/m00./s1. The van der Waals surface area contributed by atoms with Gasteiger partial charge in [0.15, 0.2) is 0 Å². The lowest BCUT2D eigenvalue weighted by molar-refractivity contribution is -0.144. The average molecular weight is 313 g/mol. The van der Waals surface area contributed by atoms with Gasteiger partial charge in [-0.1, -0.05) is 0 Å². The molecule has 12 nitrogen and oxygen atoms in total. The van der Waals surface area contributed by atoms with Crippen LogP contribution >= 0.6 is 0 Å². The normalized spacial score (nSPS) is 11.6. The monoisotopic (exact) mass is 313 g/mol. The number of carboxylic acid groups (broad SMARTS) is 4. The summed E-state index contributed by atoms with van der Waals surface area (Å²) in [6, 6.07) is -2.41. The van der Waals surface area contributed by atoms with Crippen molar-refractivity contribution in [3.8, 4) is 0 Å². The summed E-state index contributed by atoms with van der Waals surface area (Å²) in [5.41, 5.74) is 14.2. The molecule has 0 aliphatic carbocycles. The minimum Gasteiger partial charge on any atom is -0.481 e. The van der Waals surface area contributed by atoms with E-state index in [0.717, 1.165) is 0 Å². The fraction of sp³-hybridized carbons (Fsp3) is 0.556. The average Bonchev–Trinajstić information content (AvgIpc) is 2.38. The van der Waals surface area contributed by atoms with Gasteiger partial charge in [0.25, 0.3) is 0 Å². The molecule has 2 atom stereocenters. The van der Waals surface area contributed by atoms with Gasteiger partial charge in [-0.05, 0) is 0 Å². The first-order chi connectivity index (χ1) is 9.49. The maximum atomic E-state index is 9.85. The molecule has 11 N–H and O–H groups in total. The van der Waals surface area contributed by atoms with Crippen molar-refractivity contribution in [1.29, 1.82) is 0 Å². The van der Waals surface area contributed by atoms with Crippen LogP contribution in [0.25, 0.3) is 0 Å². The van der Waals surface area contributed by atoms with Crippen LogP contribution in [0.4, 0.5) is 0 Å². The summed E-state index contributed by atoms with van der Waals surface area (Å²) in [4.78, 5) is 38.5. The first-order valence-electron chi connectivity index (χ1n) is 5.20. The van der Waals surface area contributed by atoms with Crippen molar-refractivity contribution in [2.24, 2.45) is 17.2 Å². The van der Waals surface area contributed by atoms with Crippen LogP contribution in [-0.4, -0.2) is 74.6 Å². The van der Waals surface area contributed by atoms with Gasteiger partial charge in [-0.25, -0.2) is 0 Å². The molecule has 21 heavy (non-hydrogen) atoms. The maximum absolute atomic E-state index is 9.85. The van der Waals surface area contributed by atoms with Crippen molar-refractivity contribution in [3.63, 3.8) is 0 Å². The van der Waals surface area contributed by atoms with Gasteiger partial charge >= 0.3 is 23.9 Å². The largest absolute Gasteiger partial charge is 0.481 e. The first kappa shape index (κ1) is 23.8. The van der Waals surface area contributed by atoms with Crippen molar-refractivity contribution in [2.75, 3.05) is 13.2 Å². The number of aliphatic hydroxyl groups is 1. The molecular formula is C9H19N3O9. The van der Waals surface area contributed by atoms with Gasteiger partial charge < -0.3 is 42.7 Å². The highest BCUT2D eigenvalue weighted by Gasteiger charge is 2.14. The van der Waals surface area contributed by atoms with E-state index in [9.17, 15) is 19.2 Å². The Kier molecular flexibility index (Phi) is 16.0. The van der Waals surface area contributed by atoms with Gasteiger partial charge in [-0.15, -0.1) is 0 Å². The van der Waals surface area contributed by atoms with E-state index >= 15 is 0 Å². The SMILES string of the molecule is NCC(=O)O.N[C@@H](CC(=O)O)C(=O)O.N[C@@H](CO)C(=O)O. The summed E-state index contributed by atoms with van der Waals surface area (Å²) >= 11 is 0. The maximum Gasteiger partial charge on any atom is 0.322 e. The van der Waals surface area contributed by atoms with Crippen LogP contribution in [0.1, 0.15) is 6.42 Å². The zero-order valence-electron chi connectivity index (χ0n) is 10.9. The van der Waals surface area contributed by atoms with Crippen LogP contribution in [0.15, 0.2) is 0 Å². The van der Waals surface area contributed by atoms with Gasteiger partial charge in [-0.2, -0.15) is 0 Å². The van der Waals surface area contributed by atoms with Crippen LogP contribution in [-0.2, 0) is 19.2 Å². The quantitative estimate of drug-likeness (QED) is 0.236. The minimum absolute atomic E-state index is 0.278. The highest BCUT2D eigenvalue weighted by Crippen LogP contribution is 1.86. The summed E-state index contributed by atoms with van der Waals surface area (Å²) in [6.45, 7) is -0.782. The van der Waals surface area contributed by atoms with Gasteiger partial charge in [0.1, 0.15) is 12.1 Å². The Hall–Kier alpha value is -2.28. The number of carboxylic acids is 4. The molecule has 0 bridgehead atoms. The predicted octanol–water partition coefficient (Wildman–Crippen LogP) is -3.71. The Morgan fingerprint density at radius 3 is 1.19 bits per heavy atom. The third kappa shape index (κ3) is 23.3. The third-order valence-electron chi connectivity index (χ3n) is 1.40. The minimum atomic E-state index is -1.29. The second-order valence-electron chi connectivity index (χ2n) is 3.27. The van der Waals surface area contributed by atoms with E-state index in [1.165, 1.54) is 0 Å². The number of aliphatic hydroxyl groups excluding tert-OH is 1. The first-order valence-corrected chi connectivity index (χ1v) is 5.20. The molecule has 0 aliphatic rings. The lowest BCUT2D eigenvalue weighted by Gasteiger charge is -1.99. The van der Waals surface area contributed by atoms with E-state index in [2.05, 4.69) is 5.73 Å². The number of rotatable bonds is 6. The van der Waals surface area contributed by atoms with E-state index in [0.29, 0.717) is 0 Å². The summed E-state index contributed by atoms with van der Waals surface area (Å²) < 4.78 is 0. The van der Waals surface area contributed by atoms with Crippen molar-refractivity contribution in [1.82, 2.24) is 0 Å². The lowest BCUT2D eigenvalue weighted by Crippen LogP contribution is -2.33. The molecule has 0 aliphatic heterocycles. The summed E-state index contributed by atoms with van der Waals surface area (Å²) in [5, 5.41) is 39.5. The Bertz CT molecular complexity index is 347. The van der Waals surface area contributed by atoms with Gasteiger partial charge in [0, 0.05) is 0 Å². The molecule has 0 unspecified atom stereocenters. The zero-order valence-corrected chi connectivity index (χ0v) is 10.9. The van der Waals surface area contributed by atoms with E-state index in [-0.39, 0.29) is 6.54 Å². The fourth-order valence-corrected chi connectivity index (χ4v) is 0.354. The van der Waals surface area contributed by atoms with Crippen LogP contribution in [0, 0.1) is 0 Å². The van der Waals surface area contributed by atoms with E-state index in [1.807, 2.05) is 0 Å². The van der Waals surface area contributed by atoms with Crippen LogP contribution in [0.2, 0.25) is 0 Å². The van der Waals surface area contributed by atoms with E-state index in [1.54, 1.807) is 0 Å². The second kappa shape index (κ2) is 14.1. The van der Waals surface area contributed by atoms with Crippen molar-refractivity contribution < 1.29 is 44.7 Å². The molecule has 0 radical (unpaired) electrons. The third-order valence-corrected chi connectivity index (χ3v) is 1.40. The summed E-state index contributed by atoms with van der Waals surface area (Å²) in [5.74, 6) is -4.64. The molecule has 0 fully saturated rings. The molecule has 0 aromatic rings. The molecule has 124 valence electrons.